The first kappa shape index (κ1) is 14.3. The Balaban J connectivity index is 2.11. The number of morpholine rings is 1. The van der Waals surface area contributed by atoms with E-state index in [1.54, 1.807) is 6.20 Å². The highest BCUT2D eigenvalue weighted by molar-refractivity contribution is 9.10. The monoisotopic (exact) mass is 327 g/mol. The number of amides is 1. The second kappa shape index (κ2) is 6.86. The van der Waals surface area contributed by atoms with E-state index in [9.17, 15) is 4.79 Å². The van der Waals surface area contributed by atoms with Crippen molar-refractivity contribution < 1.29 is 9.53 Å². The van der Waals surface area contributed by atoms with Gasteiger partial charge in [0, 0.05) is 23.8 Å². The molecule has 1 amide bonds. The summed E-state index contributed by atoms with van der Waals surface area (Å²) < 4.78 is 6.35. The number of carbonyl (C=O) groups excluding carboxylic acids is 1. The van der Waals surface area contributed by atoms with E-state index in [-0.39, 0.29) is 11.9 Å². The number of rotatable bonds is 4. The highest BCUT2D eigenvalue weighted by Crippen LogP contribution is 2.19. The fraction of sp³-hybridized carbons (Fsp3) is 0.538. The summed E-state index contributed by atoms with van der Waals surface area (Å²) in [5.41, 5.74) is 0. The Labute approximate surface area is 121 Å². The zero-order chi connectivity index (χ0) is 13.7. The van der Waals surface area contributed by atoms with Gasteiger partial charge in [0.25, 0.3) is 0 Å². The maximum absolute atomic E-state index is 12.1. The highest BCUT2D eigenvalue weighted by Gasteiger charge is 2.29. The van der Waals surface area contributed by atoms with Crippen molar-refractivity contribution in [1.82, 2.24) is 10.3 Å². The molecule has 1 fully saturated rings. The third-order valence-electron chi connectivity index (χ3n) is 2.99. The highest BCUT2D eigenvalue weighted by atomic mass is 79.9. The van der Waals surface area contributed by atoms with Crippen LogP contribution in [-0.2, 0) is 9.53 Å². The van der Waals surface area contributed by atoms with Crippen molar-refractivity contribution in [2.75, 3.05) is 31.2 Å². The van der Waals surface area contributed by atoms with Crippen molar-refractivity contribution in [3.05, 3.63) is 22.8 Å². The van der Waals surface area contributed by atoms with Crippen LogP contribution in [0.25, 0.3) is 0 Å². The molecule has 2 heterocycles. The lowest BCUT2D eigenvalue weighted by atomic mass is 10.2. The van der Waals surface area contributed by atoms with Crippen LogP contribution >= 0.6 is 15.9 Å². The van der Waals surface area contributed by atoms with Crippen molar-refractivity contribution in [2.24, 2.45) is 0 Å². The quantitative estimate of drug-likeness (QED) is 0.912. The lowest BCUT2D eigenvalue weighted by molar-refractivity contribution is -0.124. The predicted molar refractivity (Wildman–Crippen MR) is 77.2 cm³/mol. The van der Waals surface area contributed by atoms with Crippen LogP contribution in [0.15, 0.2) is 22.8 Å². The van der Waals surface area contributed by atoms with Crippen molar-refractivity contribution in [1.29, 1.82) is 0 Å². The number of carbonyl (C=O) groups is 1. The summed E-state index contributed by atoms with van der Waals surface area (Å²) in [7, 11) is 0. The molecule has 1 aromatic heterocycles. The number of aromatic nitrogens is 1. The van der Waals surface area contributed by atoms with Gasteiger partial charge in [-0.05, 0) is 34.5 Å². The second-order valence-corrected chi connectivity index (χ2v) is 5.33. The second-order valence-electron chi connectivity index (χ2n) is 4.41. The summed E-state index contributed by atoms with van der Waals surface area (Å²) >= 11 is 3.36. The molecular weight excluding hydrogens is 310 g/mol. The fourth-order valence-corrected chi connectivity index (χ4v) is 2.23. The van der Waals surface area contributed by atoms with Crippen LogP contribution < -0.4 is 10.2 Å². The number of nitrogens with zero attached hydrogens (tertiary/aromatic N) is 2. The van der Waals surface area contributed by atoms with Crippen LogP contribution in [-0.4, -0.2) is 43.2 Å². The van der Waals surface area contributed by atoms with E-state index in [0.29, 0.717) is 26.3 Å². The van der Waals surface area contributed by atoms with E-state index in [0.717, 1.165) is 16.7 Å². The Morgan fingerprint density at radius 3 is 3.16 bits per heavy atom. The van der Waals surface area contributed by atoms with Gasteiger partial charge in [0.05, 0.1) is 13.2 Å². The summed E-state index contributed by atoms with van der Waals surface area (Å²) in [6.07, 6.45) is 2.67. The van der Waals surface area contributed by atoms with E-state index < -0.39 is 0 Å². The van der Waals surface area contributed by atoms with Crippen LogP contribution in [0.1, 0.15) is 13.3 Å². The summed E-state index contributed by atoms with van der Waals surface area (Å²) in [6, 6.07) is 3.54. The molecule has 1 aliphatic rings. The van der Waals surface area contributed by atoms with E-state index in [2.05, 4.69) is 26.2 Å². The molecule has 0 aromatic carbocycles. The SMILES string of the molecule is CCCNC(=O)C1COCCN1c1ccc(Br)cn1. The molecule has 1 unspecified atom stereocenters. The van der Waals surface area contributed by atoms with Crippen molar-refractivity contribution >= 4 is 27.7 Å². The smallest absolute Gasteiger partial charge is 0.245 e. The molecule has 1 aliphatic heterocycles. The van der Waals surface area contributed by atoms with Crippen molar-refractivity contribution in [3.8, 4) is 0 Å². The van der Waals surface area contributed by atoms with Gasteiger partial charge in [-0.15, -0.1) is 0 Å². The van der Waals surface area contributed by atoms with Gasteiger partial charge >= 0.3 is 0 Å². The molecule has 0 radical (unpaired) electrons. The molecule has 1 saturated heterocycles. The van der Waals surface area contributed by atoms with E-state index in [1.165, 1.54) is 0 Å². The minimum absolute atomic E-state index is 0.00580. The Kier molecular flexibility index (Phi) is 5.15. The minimum Gasteiger partial charge on any atom is -0.377 e. The summed E-state index contributed by atoms with van der Waals surface area (Å²) in [4.78, 5) is 18.5. The van der Waals surface area contributed by atoms with Gasteiger partial charge < -0.3 is 15.0 Å². The molecule has 1 atom stereocenters. The Morgan fingerprint density at radius 2 is 2.47 bits per heavy atom. The first-order valence-electron chi connectivity index (χ1n) is 6.46. The third kappa shape index (κ3) is 3.67. The summed E-state index contributed by atoms with van der Waals surface area (Å²) in [5, 5.41) is 2.92. The summed E-state index contributed by atoms with van der Waals surface area (Å²) in [6.45, 7) is 4.43. The Hall–Kier alpha value is -1.14. The van der Waals surface area contributed by atoms with E-state index in [4.69, 9.17) is 4.74 Å². The average molecular weight is 328 g/mol. The van der Waals surface area contributed by atoms with E-state index >= 15 is 0 Å². The number of ether oxygens (including phenoxy) is 1. The zero-order valence-electron chi connectivity index (χ0n) is 10.9. The van der Waals surface area contributed by atoms with Crippen LogP contribution in [0.3, 0.4) is 0 Å². The van der Waals surface area contributed by atoms with Crippen molar-refractivity contribution in [2.45, 2.75) is 19.4 Å². The minimum atomic E-state index is -0.297. The van der Waals surface area contributed by atoms with Gasteiger partial charge in [-0.25, -0.2) is 4.98 Å². The van der Waals surface area contributed by atoms with Crippen LogP contribution in [0.4, 0.5) is 5.82 Å². The normalized spacial score (nSPS) is 19.3. The first-order valence-corrected chi connectivity index (χ1v) is 7.25. The molecule has 104 valence electrons. The standard InChI is InChI=1S/C13H18BrN3O2/c1-2-5-15-13(18)11-9-19-7-6-17(11)12-4-3-10(14)8-16-12/h3-4,8,11H,2,5-7,9H2,1H3,(H,15,18). The topological polar surface area (TPSA) is 54.5 Å². The lowest BCUT2D eigenvalue weighted by Gasteiger charge is -2.35. The van der Waals surface area contributed by atoms with Gasteiger partial charge in [-0.3, -0.25) is 4.79 Å². The number of hydrogen-bond acceptors (Lipinski definition) is 4. The number of pyridine rings is 1. The molecule has 0 spiro atoms. The Bertz CT molecular complexity index is 424. The molecule has 2 rings (SSSR count). The van der Waals surface area contributed by atoms with Crippen LogP contribution in [0.2, 0.25) is 0 Å². The predicted octanol–water partition coefficient (Wildman–Crippen LogP) is 1.58. The molecule has 6 heteroatoms. The number of halogens is 1. The van der Waals surface area contributed by atoms with Gasteiger partial charge in [0.15, 0.2) is 0 Å². The average Bonchev–Trinajstić information content (AvgIpc) is 2.45. The summed E-state index contributed by atoms with van der Waals surface area (Å²) in [5.74, 6) is 0.814. The molecule has 1 aromatic rings. The largest absolute Gasteiger partial charge is 0.377 e. The molecule has 5 nitrogen and oxygen atoms in total. The molecule has 19 heavy (non-hydrogen) atoms. The molecular formula is C13H18BrN3O2. The van der Waals surface area contributed by atoms with Gasteiger partial charge in [-0.2, -0.15) is 0 Å². The third-order valence-corrected chi connectivity index (χ3v) is 3.46. The zero-order valence-corrected chi connectivity index (χ0v) is 12.5. The lowest BCUT2D eigenvalue weighted by Crippen LogP contribution is -2.54. The number of anilines is 1. The molecule has 0 bridgehead atoms. The maximum Gasteiger partial charge on any atom is 0.245 e. The fourth-order valence-electron chi connectivity index (χ4n) is 2.00. The Morgan fingerprint density at radius 1 is 1.63 bits per heavy atom. The molecule has 0 saturated carbocycles. The van der Waals surface area contributed by atoms with Gasteiger partial charge in [0.2, 0.25) is 5.91 Å². The van der Waals surface area contributed by atoms with Crippen LogP contribution in [0, 0.1) is 0 Å². The number of nitrogens with one attached hydrogen (secondary N) is 1. The number of hydrogen-bond donors (Lipinski definition) is 1. The molecule has 0 aliphatic carbocycles. The van der Waals surface area contributed by atoms with Gasteiger partial charge in [0.1, 0.15) is 11.9 Å². The van der Waals surface area contributed by atoms with Gasteiger partial charge in [-0.1, -0.05) is 6.92 Å². The van der Waals surface area contributed by atoms with Crippen molar-refractivity contribution in [3.63, 3.8) is 0 Å². The first-order chi connectivity index (χ1) is 9.22. The molecule has 1 N–H and O–H groups in total. The van der Waals surface area contributed by atoms with Crippen LogP contribution in [0.5, 0.6) is 0 Å². The maximum atomic E-state index is 12.1. The van der Waals surface area contributed by atoms with E-state index in [1.807, 2.05) is 24.0 Å².